The quantitative estimate of drug-likeness (QED) is 0.649. The number of amidine groups is 1. The van der Waals surface area contributed by atoms with Gasteiger partial charge in [-0.2, -0.15) is 0 Å². The van der Waals surface area contributed by atoms with Crippen molar-refractivity contribution in [2.24, 2.45) is 5.73 Å². The Labute approximate surface area is 124 Å². The van der Waals surface area contributed by atoms with E-state index in [1.54, 1.807) is 0 Å². The van der Waals surface area contributed by atoms with Gasteiger partial charge in [-0.15, -0.1) is 0 Å². The number of hydrogen-bond acceptors (Lipinski definition) is 4. The average Bonchev–Trinajstić information content (AvgIpc) is 2.48. The first-order chi connectivity index (χ1) is 10.1. The van der Waals surface area contributed by atoms with Crippen LogP contribution in [0.3, 0.4) is 0 Å². The van der Waals surface area contributed by atoms with Crippen LogP contribution in [0.1, 0.15) is 12.5 Å². The van der Waals surface area contributed by atoms with Crippen LogP contribution in [0.2, 0.25) is 0 Å². The highest BCUT2D eigenvalue weighted by Gasteiger charge is 2.24. The van der Waals surface area contributed by atoms with Crippen LogP contribution in [0.15, 0.2) is 30.3 Å². The molecule has 2 heterocycles. The van der Waals surface area contributed by atoms with Crippen molar-refractivity contribution in [1.29, 1.82) is 5.41 Å². The molecule has 0 aliphatic carbocycles. The van der Waals surface area contributed by atoms with Crippen molar-refractivity contribution in [3.63, 3.8) is 0 Å². The molecule has 3 N–H and O–H groups in total. The number of likely N-dealkylation sites (N-methyl/N-ethyl adjacent to an activating group) is 1. The summed E-state index contributed by atoms with van der Waals surface area (Å²) in [7, 11) is 2.14. The maximum Gasteiger partial charge on any atom is 0.140 e. The lowest BCUT2D eigenvalue weighted by Gasteiger charge is -2.39. The Hall–Kier alpha value is -2.14. The summed E-state index contributed by atoms with van der Waals surface area (Å²) in [6.07, 6.45) is 0. The predicted octanol–water partition coefficient (Wildman–Crippen LogP) is 1.66. The molecule has 0 bridgehead atoms. The molecule has 5 heteroatoms. The van der Waals surface area contributed by atoms with E-state index in [2.05, 4.69) is 23.8 Å². The number of para-hydroxylation sites is 1. The van der Waals surface area contributed by atoms with E-state index in [0.717, 1.165) is 41.9 Å². The van der Waals surface area contributed by atoms with Crippen LogP contribution >= 0.6 is 0 Å². The molecule has 1 aromatic carbocycles. The van der Waals surface area contributed by atoms with E-state index in [-0.39, 0.29) is 5.84 Å². The number of nitrogens with one attached hydrogen (secondary N) is 1. The van der Waals surface area contributed by atoms with Gasteiger partial charge < -0.3 is 15.5 Å². The minimum absolute atomic E-state index is 0.0786. The number of aromatic nitrogens is 1. The van der Waals surface area contributed by atoms with Crippen LogP contribution in [0, 0.1) is 5.41 Å². The second kappa shape index (κ2) is 5.33. The van der Waals surface area contributed by atoms with Crippen LogP contribution in [0.4, 0.5) is 5.82 Å². The molecule has 2 aromatic rings. The Kier molecular flexibility index (Phi) is 3.51. The van der Waals surface area contributed by atoms with E-state index in [4.69, 9.17) is 16.1 Å². The van der Waals surface area contributed by atoms with Crippen LogP contribution in [-0.2, 0) is 0 Å². The van der Waals surface area contributed by atoms with Crippen LogP contribution in [-0.4, -0.2) is 48.4 Å². The standard InChI is InChI=1S/C16H21N5/c1-11-10-21(8-7-20(11)2)16-13(15(17)18)9-12-5-3-4-6-14(12)19-16/h3-6,9,11H,7-8,10H2,1-2H3,(H3,17,18). The van der Waals surface area contributed by atoms with Crippen molar-refractivity contribution in [3.05, 3.63) is 35.9 Å². The zero-order chi connectivity index (χ0) is 15.0. The molecule has 1 aliphatic heterocycles. The van der Waals surface area contributed by atoms with Crippen LogP contribution in [0.5, 0.6) is 0 Å². The van der Waals surface area contributed by atoms with Gasteiger partial charge >= 0.3 is 0 Å². The van der Waals surface area contributed by atoms with Gasteiger partial charge in [-0.1, -0.05) is 18.2 Å². The predicted molar refractivity (Wildman–Crippen MR) is 87.1 cm³/mol. The molecule has 0 spiro atoms. The fourth-order valence-electron chi connectivity index (χ4n) is 2.79. The van der Waals surface area contributed by atoms with Gasteiger partial charge in [0.2, 0.25) is 0 Å². The van der Waals surface area contributed by atoms with Gasteiger partial charge in [-0.3, -0.25) is 5.41 Å². The Bertz CT molecular complexity index is 681. The van der Waals surface area contributed by atoms with E-state index in [1.807, 2.05) is 30.3 Å². The van der Waals surface area contributed by atoms with Gasteiger partial charge in [0.25, 0.3) is 0 Å². The lowest BCUT2D eigenvalue weighted by Crippen LogP contribution is -2.50. The Morgan fingerprint density at radius 1 is 1.33 bits per heavy atom. The highest BCUT2D eigenvalue weighted by molar-refractivity contribution is 6.03. The van der Waals surface area contributed by atoms with E-state index in [9.17, 15) is 0 Å². The van der Waals surface area contributed by atoms with Crippen molar-refractivity contribution in [1.82, 2.24) is 9.88 Å². The first-order valence-electron chi connectivity index (χ1n) is 7.25. The number of hydrogen-bond donors (Lipinski definition) is 2. The van der Waals surface area contributed by atoms with Crippen molar-refractivity contribution in [2.75, 3.05) is 31.6 Å². The molecule has 1 aromatic heterocycles. The van der Waals surface area contributed by atoms with Crippen molar-refractivity contribution in [3.8, 4) is 0 Å². The summed E-state index contributed by atoms with van der Waals surface area (Å²) in [6, 6.07) is 10.4. The molecule has 21 heavy (non-hydrogen) atoms. The molecule has 1 unspecified atom stereocenters. The van der Waals surface area contributed by atoms with Crippen molar-refractivity contribution < 1.29 is 0 Å². The molecule has 0 amide bonds. The number of nitrogen functional groups attached to an aromatic ring is 1. The third-order valence-electron chi connectivity index (χ3n) is 4.25. The lowest BCUT2D eigenvalue weighted by molar-refractivity contribution is 0.233. The summed E-state index contributed by atoms with van der Waals surface area (Å²) in [5.74, 6) is 0.913. The van der Waals surface area contributed by atoms with Gasteiger partial charge in [0.1, 0.15) is 11.7 Å². The largest absolute Gasteiger partial charge is 0.384 e. The lowest BCUT2D eigenvalue weighted by atomic mass is 10.1. The molecule has 0 saturated carbocycles. The van der Waals surface area contributed by atoms with E-state index in [0.29, 0.717) is 6.04 Å². The second-order valence-electron chi connectivity index (χ2n) is 5.74. The molecule has 1 saturated heterocycles. The van der Waals surface area contributed by atoms with Gasteiger partial charge in [0, 0.05) is 31.1 Å². The number of anilines is 1. The Balaban J connectivity index is 2.07. The maximum atomic E-state index is 7.86. The van der Waals surface area contributed by atoms with E-state index in [1.165, 1.54) is 0 Å². The molecule has 0 radical (unpaired) electrons. The number of benzene rings is 1. The Morgan fingerprint density at radius 3 is 2.81 bits per heavy atom. The minimum Gasteiger partial charge on any atom is -0.384 e. The number of pyridine rings is 1. The highest BCUT2D eigenvalue weighted by atomic mass is 15.3. The topological polar surface area (TPSA) is 69.2 Å². The SMILES string of the molecule is CC1CN(c2nc3ccccc3cc2C(=N)N)CCN1C. The van der Waals surface area contributed by atoms with Gasteiger partial charge in [-0.25, -0.2) is 4.98 Å². The zero-order valence-corrected chi connectivity index (χ0v) is 12.5. The molecule has 110 valence electrons. The molecule has 1 atom stereocenters. The summed E-state index contributed by atoms with van der Waals surface area (Å²) in [4.78, 5) is 9.35. The summed E-state index contributed by atoms with van der Waals surface area (Å²) in [5.41, 5.74) is 7.46. The number of piperazine rings is 1. The fourth-order valence-corrected chi connectivity index (χ4v) is 2.79. The molecular formula is C16H21N5. The number of rotatable bonds is 2. The molecule has 1 fully saturated rings. The highest BCUT2D eigenvalue weighted by Crippen LogP contribution is 2.25. The first kappa shape index (κ1) is 13.8. The van der Waals surface area contributed by atoms with Crippen LogP contribution < -0.4 is 10.6 Å². The average molecular weight is 283 g/mol. The van der Waals surface area contributed by atoms with Gasteiger partial charge in [0.05, 0.1) is 11.1 Å². The smallest absolute Gasteiger partial charge is 0.140 e. The molecule has 1 aliphatic rings. The van der Waals surface area contributed by atoms with Crippen LogP contribution in [0.25, 0.3) is 10.9 Å². The van der Waals surface area contributed by atoms with Gasteiger partial charge in [0.15, 0.2) is 0 Å². The molecule has 5 nitrogen and oxygen atoms in total. The third kappa shape index (κ3) is 2.56. The summed E-state index contributed by atoms with van der Waals surface area (Å²) in [5, 5.41) is 8.88. The van der Waals surface area contributed by atoms with E-state index >= 15 is 0 Å². The monoisotopic (exact) mass is 283 g/mol. The zero-order valence-electron chi connectivity index (χ0n) is 12.5. The number of nitrogens with zero attached hydrogens (tertiary/aromatic N) is 3. The second-order valence-corrected chi connectivity index (χ2v) is 5.74. The minimum atomic E-state index is 0.0786. The fraction of sp³-hybridized carbons (Fsp3) is 0.375. The molecule has 3 rings (SSSR count). The van der Waals surface area contributed by atoms with Gasteiger partial charge in [-0.05, 0) is 26.1 Å². The summed E-state index contributed by atoms with van der Waals surface area (Å²) >= 11 is 0. The Morgan fingerprint density at radius 2 is 2.10 bits per heavy atom. The first-order valence-corrected chi connectivity index (χ1v) is 7.25. The summed E-state index contributed by atoms with van der Waals surface area (Å²) < 4.78 is 0. The number of nitrogens with two attached hydrogens (primary N) is 1. The maximum absolute atomic E-state index is 7.86. The van der Waals surface area contributed by atoms with E-state index < -0.39 is 0 Å². The third-order valence-corrected chi connectivity index (χ3v) is 4.25. The van der Waals surface area contributed by atoms with Crippen molar-refractivity contribution >= 4 is 22.6 Å². The normalized spacial score (nSPS) is 19.9. The summed E-state index contributed by atoms with van der Waals surface area (Å²) in [6.45, 7) is 5.02. The number of fused-ring (bicyclic) bond motifs is 1. The van der Waals surface area contributed by atoms with Crippen molar-refractivity contribution in [2.45, 2.75) is 13.0 Å². The molecular weight excluding hydrogens is 262 g/mol.